The van der Waals surface area contributed by atoms with Gasteiger partial charge in [-0.1, -0.05) is 6.07 Å². The number of rotatable bonds is 3. The lowest BCUT2D eigenvalue weighted by Gasteiger charge is -2.22. The zero-order valence-corrected chi connectivity index (χ0v) is 12.1. The molecule has 0 spiro atoms. The molecule has 1 amide bonds. The summed E-state index contributed by atoms with van der Waals surface area (Å²) in [6, 6.07) is 5.80. The fraction of sp³-hybridized carbons (Fsp3) is 0.375. The highest BCUT2D eigenvalue weighted by Crippen LogP contribution is 2.32. The van der Waals surface area contributed by atoms with E-state index in [1.54, 1.807) is 0 Å². The van der Waals surface area contributed by atoms with Crippen LogP contribution in [0.3, 0.4) is 0 Å². The van der Waals surface area contributed by atoms with Crippen molar-refractivity contribution in [3.05, 3.63) is 41.2 Å². The average molecular weight is 299 g/mol. The molecule has 1 unspecified atom stereocenters. The van der Waals surface area contributed by atoms with E-state index in [9.17, 15) is 4.79 Å². The molecular formula is C16H17N3O3. The van der Waals surface area contributed by atoms with E-state index in [-0.39, 0.29) is 18.7 Å². The minimum Gasteiger partial charge on any atom is -0.454 e. The van der Waals surface area contributed by atoms with E-state index in [1.165, 1.54) is 5.56 Å². The van der Waals surface area contributed by atoms with Gasteiger partial charge in [0.2, 0.25) is 12.7 Å². The van der Waals surface area contributed by atoms with Gasteiger partial charge in [-0.15, -0.1) is 0 Å². The van der Waals surface area contributed by atoms with Crippen LogP contribution in [0.5, 0.6) is 11.5 Å². The summed E-state index contributed by atoms with van der Waals surface area (Å²) in [7, 11) is 0. The number of aromatic nitrogens is 2. The summed E-state index contributed by atoms with van der Waals surface area (Å²) in [5.74, 6) is 1.49. The van der Waals surface area contributed by atoms with E-state index in [1.807, 2.05) is 24.4 Å². The Labute approximate surface area is 127 Å². The van der Waals surface area contributed by atoms with Crippen LogP contribution in [-0.2, 0) is 24.1 Å². The number of H-pyrrole nitrogens is 1. The lowest BCUT2D eigenvalue weighted by molar-refractivity contribution is -0.121. The highest BCUT2D eigenvalue weighted by atomic mass is 16.7. The van der Waals surface area contributed by atoms with Crippen LogP contribution in [0.1, 0.15) is 23.2 Å². The molecule has 0 fully saturated rings. The van der Waals surface area contributed by atoms with Gasteiger partial charge in [-0.25, -0.2) is 0 Å². The van der Waals surface area contributed by atoms with Crippen LogP contribution in [0.2, 0.25) is 0 Å². The van der Waals surface area contributed by atoms with Crippen molar-refractivity contribution < 1.29 is 14.3 Å². The van der Waals surface area contributed by atoms with Crippen LogP contribution in [0.4, 0.5) is 0 Å². The van der Waals surface area contributed by atoms with Crippen molar-refractivity contribution in [1.82, 2.24) is 15.5 Å². The van der Waals surface area contributed by atoms with Crippen LogP contribution < -0.4 is 14.8 Å². The molecule has 1 aromatic heterocycles. The van der Waals surface area contributed by atoms with Crippen molar-refractivity contribution in [3.63, 3.8) is 0 Å². The number of benzene rings is 1. The molecule has 2 heterocycles. The molecule has 114 valence electrons. The van der Waals surface area contributed by atoms with Crippen molar-refractivity contribution in [2.45, 2.75) is 31.7 Å². The Morgan fingerprint density at radius 3 is 3.23 bits per heavy atom. The van der Waals surface area contributed by atoms with Gasteiger partial charge in [0, 0.05) is 18.2 Å². The average Bonchev–Trinajstić information content (AvgIpc) is 3.14. The maximum Gasteiger partial charge on any atom is 0.231 e. The van der Waals surface area contributed by atoms with Gasteiger partial charge in [0.15, 0.2) is 11.5 Å². The molecule has 1 aliphatic heterocycles. The van der Waals surface area contributed by atoms with Crippen molar-refractivity contribution in [3.8, 4) is 11.5 Å². The molecule has 0 radical (unpaired) electrons. The molecule has 22 heavy (non-hydrogen) atoms. The highest BCUT2D eigenvalue weighted by molar-refractivity contribution is 5.79. The summed E-state index contributed by atoms with van der Waals surface area (Å²) in [6.07, 6.45) is 4.96. The number of fused-ring (bicyclic) bond motifs is 2. The predicted octanol–water partition coefficient (Wildman–Crippen LogP) is 1.35. The topological polar surface area (TPSA) is 76.2 Å². The Bertz CT molecular complexity index is 710. The molecule has 2 aliphatic rings. The minimum absolute atomic E-state index is 0.0341. The third-order valence-electron chi connectivity index (χ3n) is 4.19. The molecule has 0 saturated carbocycles. The normalized spacial score (nSPS) is 18.8. The van der Waals surface area contributed by atoms with Crippen LogP contribution in [-0.4, -0.2) is 28.9 Å². The maximum atomic E-state index is 12.2. The Hall–Kier alpha value is -2.50. The second-order valence-corrected chi connectivity index (χ2v) is 5.75. The molecule has 1 aliphatic carbocycles. The smallest absolute Gasteiger partial charge is 0.231 e. The van der Waals surface area contributed by atoms with E-state index < -0.39 is 0 Å². The van der Waals surface area contributed by atoms with Gasteiger partial charge in [-0.2, -0.15) is 5.10 Å². The van der Waals surface area contributed by atoms with Crippen LogP contribution in [0.25, 0.3) is 0 Å². The molecule has 0 bridgehead atoms. The second kappa shape index (κ2) is 5.36. The number of ether oxygens (including phenoxy) is 2. The number of hydrogen-bond acceptors (Lipinski definition) is 4. The fourth-order valence-corrected chi connectivity index (χ4v) is 3.05. The number of carbonyl (C=O) groups is 1. The van der Waals surface area contributed by atoms with E-state index in [4.69, 9.17) is 9.47 Å². The number of carbonyl (C=O) groups excluding carboxylic acids is 1. The van der Waals surface area contributed by atoms with Gasteiger partial charge in [0.25, 0.3) is 0 Å². The Balaban J connectivity index is 1.37. The van der Waals surface area contributed by atoms with Gasteiger partial charge >= 0.3 is 0 Å². The monoisotopic (exact) mass is 299 g/mol. The van der Waals surface area contributed by atoms with Crippen molar-refractivity contribution in [2.75, 3.05) is 6.79 Å². The lowest BCUT2D eigenvalue weighted by Crippen LogP contribution is -2.39. The largest absolute Gasteiger partial charge is 0.454 e. The van der Waals surface area contributed by atoms with Gasteiger partial charge in [0.05, 0.1) is 12.6 Å². The minimum atomic E-state index is 0.0341. The third kappa shape index (κ3) is 2.52. The van der Waals surface area contributed by atoms with Crippen molar-refractivity contribution in [2.24, 2.45) is 0 Å². The predicted molar refractivity (Wildman–Crippen MR) is 78.8 cm³/mol. The first-order chi connectivity index (χ1) is 10.8. The summed E-state index contributed by atoms with van der Waals surface area (Å²) >= 11 is 0. The first kappa shape index (κ1) is 13.2. The van der Waals surface area contributed by atoms with Crippen LogP contribution in [0.15, 0.2) is 24.4 Å². The zero-order valence-electron chi connectivity index (χ0n) is 12.1. The van der Waals surface area contributed by atoms with Crippen LogP contribution >= 0.6 is 0 Å². The quantitative estimate of drug-likeness (QED) is 0.897. The standard InChI is InChI=1S/C16H17N3O3/c20-16(6-10-1-4-14-15(5-10)22-9-21-14)18-12-3-2-11-8-17-19-13(11)7-12/h1,4-5,8,12H,2-3,6-7,9H2,(H,17,19)(H,18,20). The molecule has 4 rings (SSSR count). The molecule has 1 atom stereocenters. The first-order valence-corrected chi connectivity index (χ1v) is 7.47. The van der Waals surface area contributed by atoms with Crippen LogP contribution in [0, 0.1) is 0 Å². The van der Waals surface area contributed by atoms with Gasteiger partial charge in [-0.3, -0.25) is 9.89 Å². The highest BCUT2D eigenvalue weighted by Gasteiger charge is 2.22. The summed E-state index contributed by atoms with van der Waals surface area (Å²) in [5.41, 5.74) is 3.33. The van der Waals surface area contributed by atoms with Gasteiger partial charge in [0.1, 0.15) is 0 Å². The molecular weight excluding hydrogens is 282 g/mol. The van der Waals surface area contributed by atoms with Gasteiger partial charge < -0.3 is 14.8 Å². The number of amides is 1. The zero-order chi connectivity index (χ0) is 14.9. The van der Waals surface area contributed by atoms with Crippen molar-refractivity contribution in [1.29, 1.82) is 0 Å². The Kier molecular flexibility index (Phi) is 3.21. The van der Waals surface area contributed by atoms with E-state index >= 15 is 0 Å². The molecule has 6 heteroatoms. The molecule has 2 aromatic rings. The SMILES string of the molecule is O=C(Cc1ccc2c(c1)OCO2)NC1CCc2cn[nH]c2C1. The van der Waals surface area contributed by atoms with Crippen molar-refractivity contribution >= 4 is 5.91 Å². The van der Waals surface area contributed by atoms with E-state index in [2.05, 4.69) is 15.5 Å². The molecule has 0 saturated heterocycles. The summed E-state index contributed by atoms with van der Waals surface area (Å²) in [6.45, 7) is 0.250. The molecule has 6 nitrogen and oxygen atoms in total. The number of aryl methyl sites for hydroxylation is 1. The summed E-state index contributed by atoms with van der Waals surface area (Å²) in [5, 5.41) is 10.2. The number of nitrogens with one attached hydrogen (secondary N) is 2. The number of hydrogen-bond donors (Lipinski definition) is 2. The maximum absolute atomic E-state index is 12.2. The van der Waals surface area contributed by atoms with E-state index in [0.29, 0.717) is 12.2 Å². The summed E-state index contributed by atoms with van der Waals surface area (Å²) < 4.78 is 10.6. The van der Waals surface area contributed by atoms with E-state index in [0.717, 1.165) is 36.3 Å². The first-order valence-electron chi connectivity index (χ1n) is 7.47. The third-order valence-corrected chi connectivity index (χ3v) is 4.19. The number of nitrogens with zero attached hydrogens (tertiary/aromatic N) is 1. The van der Waals surface area contributed by atoms with Gasteiger partial charge in [-0.05, 0) is 36.1 Å². The Morgan fingerprint density at radius 2 is 2.27 bits per heavy atom. The number of aromatic amines is 1. The summed E-state index contributed by atoms with van der Waals surface area (Å²) in [4.78, 5) is 12.2. The molecule has 2 N–H and O–H groups in total. The Morgan fingerprint density at radius 1 is 1.36 bits per heavy atom. The molecule has 1 aromatic carbocycles. The second-order valence-electron chi connectivity index (χ2n) is 5.75. The lowest BCUT2D eigenvalue weighted by atomic mass is 9.93. The fourth-order valence-electron chi connectivity index (χ4n) is 3.05.